The zero-order chi connectivity index (χ0) is 12.5. The molecule has 0 aliphatic heterocycles. The summed E-state index contributed by atoms with van der Waals surface area (Å²) in [6, 6.07) is 6.01. The van der Waals surface area contributed by atoms with Crippen LogP contribution in [0, 0.1) is 5.41 Å². The molecule has 1 aliphatic rings. The summed E-state index contributed by atoms with van der Waals surface area (Å²) < 4.78 is 2.02. The fourth-order valence-electron chi connectivity index (χ4n) is 2.73. The fraction of sp³-hybridized carbons (Fsp3) is 0.571. The average molecular weight is 362 g/mol. The Bertz CT molecular complexity index is 397. The summed E-state index contributed by atoms with van der Waals surface area (Å²) in [5.41, 5.74) is 1.03. The molecule has 1 atom stereocenters. The molecule has 2 rings (SSSR count). The van der Waals surface area contributed by atoms with Gasteiger partial charge in [0.2, 0.25) is 0 Å². The third-order valence-electron chi connectivity index (χ3n) is 3.91. The standard InChI is InChI=1S/C14H18Br2O/c1-14(7-3-2-4-8-14)13(17)11-9-10(15)5-6-12(11)16/h5-6,9,13,17H,2-4,7-8H2,1H3. The van der Waals surface area contributed by atoms with Crippen LogP contribution < -0.4 is 0 Å². The molecule has 0 radical (unpaired) electrons. The van der Waals surface area contributed by atoms with E-state index in [1.165, 1.54) is 19.3 Å². The molecule has 1 fully saturated rings. The second-order valence-corrected chi connectivity index (χ2v) is 7.05. The summed E-state index contributed by atoms with van der Waals surface area (Å²) in [4.78, 5) is 0. The van der Waals surface area contributed by atoms with Crippen LogP contribution >= 0.6 is 31.9 Å². The Hall–Kier alpha value is 0.140. The van der Waals surface area contributed by atoms with E-state index < -0.39 is 0 Å². The number of rotatable bonds is 2. The first-order valence-corrected chi connectivity index (χ1v) is 7.74. The van der Waals surface area contributed by atoms with E-state index in [1.807, 2.05) is 18.2 Å². The minimum Gasteiger partial charge on any atom is -0.388 e. The Morgan fingerprint density at radius 1 is 1.18 bits per heavy atom. The minimum atomic E-state index is -0.380. The molecule has 3 heteroatoms. The Morgan fingerprint density at radius 3 is 2.47 bits per heavy atom. The summed E-state index contributed by atoms with van der Waals surface area (Å²) in [6.45, 7) is 2.21. The third kappa shape index (κ3) is 2.94. The number of halogens is 2. The first kappa shape index (κ1) is 13.6. The molecule has 0 heterocycles. The van der Waals surface area contributed by atoms with E-state index in [0.29, 0.717) is 0 Å². The molecule has 0 spiro atoms. The van der Waals surface area contributed by atoms with Crippen LogP contribution in [0.5, 0.6) is 0 Å². The van der Waals surface area contributed by atoms with Gasteiger partial charge in [0.05, 0.1) is 6.10 Å². The number of aliphatic hydroxyl groups is 1. The summed E-state index contributed by atoms with van der Waals surface area (Å²) >= 11 is 7.02. The zero-order valence-electron chi connectivity index (χ0n) is 10.0. The molecule has 1 aromatic rings. The lowest BCUT2D eigenvalue weighted by Gasteiger charge is -2.38. The van der Waals surface area contributed by atoms with Crippen LogP contribution in [0.25, 0.3) is 0 Å². The summed E-state index contributed by atoms with van der Waals surface area (Å²) in [7, 11) is 0. The van der Waals surface area contributed by atoms with Crippen LogP contribution in [-0.4, -0.2) is 5.11 Å². The Morgan fingerprint density at radius 2 is 1.82 bits per heavy atom. The lowest BCUT2D eigenvalue weighted by atomic mass is 9.70. The number of benzene rings is 1. The van der Waals surface area contributed by atoms with E-state index in [2.05, 4.69) is 38.8 Å². The molecular formula is C14H18Br2O. The van der Waals surface area contributed by atoms with Crippen molar-refractivity contribution in [2.24, 2.45) is 5.41 Å². The van der Waals surface area contributed by atoms with Gasteiger partial charge < -0.3 is 5.11 Å². The Labute approximate surface area is 120 Å². The fourth-order valence-corrected chi connectivity index (χ4v) is 3.57. The minimum absolute atomic E-state index is 0.0293. The lowest BCUT2D eigenvalue weighted by molar-refractivity contribution is 0.00767. The van der Waals surface area contributed by atoms with Crippen LogP contribution in [0.4, 0.5) is 0 Å². The molecule has 1 N–H and O–H groups in total. The average Bonchev–Trinajstić information content (AvgIpc) is 2.32. The second kappa shape index (κ2) is 5.41. The maximum atomic E-state index is 10.7. The topological polar surface area (TPSA) is 20.2 Å². The Balaban J connectivity index is 2.29. The van der Waals surface area contributed by atoms with Crippen LogP contribution in [0.2, 0.25) is 0 Å². The molecule has 1 nitrogen and oxygen atoms in total. The van der Waals surface area contributed by atoms with Gasteiger partial charge in [-0.25, -0.2) is 0 Å². The molecular weight excluding hydrogens is 344 g/mol. The summed E-state index contributed by atoms with van der Waals surface area (Å²) in [6.07, 6.45) is 5.63. The first-order valence-electron chi connectivity index (χ1n) is 6.16. The third-order valence-corrected chi connectivity index (χ3v) is 5.12. The highest BCUT2D eigenvalue weighted by Gasteiger charge is 2.36. The molecule has 1 aliphatic carbocycles. The highest BCUT2D eigenvalue weighted by Crippen LogP contribution is 2.47. The summed E-state index contributed by atoms with van der Waals surface area (Å²) in [5, 5.41) is 10.7. The maximum absolute atomic E-state index is 10.7. The smallest absolute Gasteiger partial charge is 0.0854 e. The van der Waals surface area contributed by atoms with E-state index in [9.17, 15) is 5.11 Å². The highest BCUT2D eigenvalue weighted by molar-refractivity contribution is 9.11. The molecule has 17 heavy (non-hydrogen) atoms. The van der Waals surface area contributed by atoms with E-state index in [1.54, 1.807) is 0 Å². The van der Waals surface area contributed by atoms with Gasteiger partial charge in [0.25, 0.3) is 0 Å². The Kier molecular flexibility index (Phi) is 4.32. The molecule has 0 aromatic heterocycles. The highest BCUT2D eigenvalue weighted by atomic mass is 79.9. The molecule has 94 valence electrons. The van der Waals surface area contributed by atoms with Crippen molar-refractivity contribution in [1.29, 1.82) is 0 Å². The maximum Gasteiger partial charge on any atom is 0.0854 e. The zero-order valence-corrected chi connectivity index (χ0v) is 13.2. The number of hydrogen-bond donors (Lipinski definition) is 1. The van der Waals surface area contributed by atoms with E-state index >= 15 is 0 Å². The quantitative estimate of drug-likeness (QED) is 0.765. The van der Waals surface area contributed by atoms with E-state index in [4.69, 9.17) is 0 Å². The molecule has 0 bridgehead atoms. The van der Waals surface area contributed by atoms with Crippen LogP contribution in [0.15, 0.2) is 27.1 Å². The molecule has 0 amide bonds. The van der Waals surface area contributed by atoms with Gasteiger partial charge in [-0.15, -0.1) is 0 Å². The lowest BCUT2D eigenvalue weighted by Crippen LogP contribution is -2.28. The molecule has 1 saturated carbocycles. The second-order valence-electron chi connectivity index (χ2n) is 5.28. The van der Waals surface area contributed by atoms with Crippen molar-refractivity contribution in [3.05, 3.63) is 32.7 Å². The largest absolute Gasteiger partial charge is 0.388 e. The van der Waals surface area contributed by atoms with Crippen molar-refractivity contribution in [2.45, 2.75) is 45.1 Å². The van der Waals surface area contributed by atoms with Crippen molar-refractivity contribution < 1.29 is 5.11 Å². The normalized spacial score (nSPS) is 21.2. The number of aliphatic hydroxyl groups excluding tert-OH is 1. The van der Waals surface area contributed by atoms with E-state index in [-0.39, 0.29) is 11.5 Å². The molecule has 1 unspecified atom stereocenters. The van der Waals surface area contributed by atoms with Gasteiger partial charge in [-0.2, -0.15) is 0 Å². The van der Waals surface area contributed by atoms with Crippen molar-refractivity contribution in [3.8, 4) is 0 Å². The van der Waals surface area contributed by atoms with Crippen molar-refractivity contribution >= 4 is 31.9 Å². The van der Waals surface area contributed by atoms with E-state index in [0.717, 1.165) is 27.4 Å². The van der Waals surface area contributed by atoms with Crippen LogP contribution in [-0.2, 0) is 0 Å². The van der Waals surface area contributed by atoms with Crippen molar-refractivity contribution in [2.75, 3.05) is 0 Å². The van der Waals surface area contributed by atoms with Gasteiger partial charge >= 0.3 is 0 Å². The van der Waals surface area contributed by atoms with Gasteiger partial charge in [0.15, 0.2) is 0 Å². The SMILES string of the molecule is CC1(C(O)c2cc(Br)ccc2Br)CCCCC1. The first-order chi connectivity index (χ1) is 8.03. The van der Waals surface area contributed by atoms with Gasteiger partial charge in [-0.05, 0) is 42.0 Å². The predicted octanol–water partition coefficient (Wildman–Crippen LogP) is 5.22. The van der Waals surface area contributed by atoms with Crippen LogP contribution in [0.3, 0.4) is 0 Å². The molecule has 0 saturated heterocycles. The van der Waals surface area contributed by atoms with Gasteiger partial charge in [-0.3, -0.25) is 0 Å². The van der Waals surface area contributed by atoms with Gasteiger partial charge in [0, 0.05) is 8.95 Å². The monoisotopic (exact) mass is 360 g/mol. The predicted molar refractivity (Wildman–Crippen MR) is 78.0 cm³/mol. The van der Waals surface area contributed by atoms with Crippen molar-refractivity contribution in [3.63, 3.8) is 0 Å². The summed E-state index contributed by atoms with van der Waals surface area (Å²) in [5.74, 6) is 0. The van der Waals surface area contributed by atoms with Gasteiger partial charge in [-0.1, -0.05) is 58.0 Å². The molecule has 1 aromatic carbocycles. The van der Waals surface area contributed by atoms with Crippen LogP contribution in [0.1, 0.15) is 50.7 Å². The van der Waals surface area contributed by atoms with Crippen molar-refractivity contribution in [1.82, 2.24) is 0 Å². The van der Waals surface area contributed by atoms with Gasteiger partial charge in [0.1, 0.15) is 0 Å². The number of hydrogen-bond acceptors (Lipinski definition) is 1.